The first-order valence-corrected chi connectivity index (χ1v) is 14.5. The molecule has 6 rings (SSSR count). The molecule has 2 heterocycles. The zero-order valence-electron chi connectivity index (χ0n) is 24.4. The van der Waals surface area contributed by atoms with Crippen LogP contribution in [0.15, 0.2) is 103 Å². The Morgan fingerprint density at radius 2 is 1.58 bits per heavy atom. The smallest absolute Gasteiger partial charge is 0.345 e. The van der Waals surface area contributed by atoms with Crippen molar-refractivity contribution in [2.75, 3.05) is 16.8 Å². The summed E-state index contributed by atoms with van der Waals surface area (Å²) in [7, 11) is 1.65. The number of nitrogens with zero attached hydrogens (tertiary/aromatic N) is 3. The zero-order valence-corrected chi connectivity index (χ0v) is 24.4. The molecule has 10 heteroatoms. The molecule has 1 aromatic heterocycles. The van der Waals surface area contributed by atoms with Crippen LogP contribution in [0, 0.1) is 0 Å². The van der Waals surface area contributed by atoms with Gasteiger partial charge in [-0.1, -0.05) is 60.7 Å². The van der Waals surface area contributed by atoms with E-state index in [0.29, 0.717) is 17.7 Å². The van der Waals surface area contributed by atoms with Gasteiger partial charge in [0.2, 0.25) is 5.82 Å². The molecule has 4 aromatic carbocycles. The number of hydrogen-bond acceptors (Lipinski definition) is 4. The Labute approximate surface area is 258 Å². The van der Waals surface area contributed by atoms with Crippen LogP contribution < -0.4 is 15.5 Å². The molecule has 2 N–H and O–H groups in total. The highest BCUT2D eigenvalue weighted by Crippen LogP contribution is 2.34. The van der Waals surface area contributed by atoms with Crippen LogP contribution in [0.1, 0.15) is 44.1 Å². The molecule has 0 saturated heterocycles. The Bertz CT molecular complexity index is 1850. The lowest BCUT2D eigenvalue weighted by Crippen LogP contribution is -2.26. The summed E-state index contributed by atoms with van der Waals surface area (Å²) in [5.74, 6) is -0.631. The Morgan fingerprint density at radius 1 is 0.867 bits per heavy atom. The van der Waals surface area contributed by atoms with Gasteiger partial charge in [-0.15, -0.1) is 0 Å². The molecule has 2 amide bonds. The predicted molar refractivity (Wildman–Crippen MR) is 167 cm³/mol. The summed E-state index contributed by atoms with van der Waals surface area (Å²) in [5, 5.41) is 5.59. The van der Waals surface area contributed by atoms with Gasteiger partial charge in [-0.05, 0) is 71.5 Å². The highest BCUT2D eigenvalue weighted by molar-refractivity contribution is 6.08. The largest absolute Gasteiger partial charge is 0.416 e. The van der Waals surface area contributed by atoms with E-state index >= 15 is 0 Å². The number of aryl methyl sites for hydroxylation is 2. The highest BCUT2D eigenvalue weighted by atomic mass is 19.4. The number of nitrogens with one attached hydrogen (secondary N) is 2. The second-order valence-corrected chi connectivity index (χ2v) is 10.9. The summed E-state index contributed by atoms with van der Waals surface area (Å²) in [5.41, 5.74) is 5.01. The van der Waals surface area contributed by atoms with Crippen molar-refractivity contribution in [3.8, 4) is 11.1 Å². The van der Waals surface area contributed by atoms with Crippen LogP contribution in [0.3, 0.4) is 0 Å². The molecule has 1 aliphatic heterocycles. The molecule has 1 aliphatic rings. The summed E-state index contributed by atoms with van der Waals surface area (Å²) in [6.45, 7) is 1.25. The summed E-state index contributed by atoms with van der Waals surface area (Å²) < 4.78 is 40.6. The number of anilines is 3. The molecule has 0 atom stereocenters. The van der Waals surface area contributed by atoms with Crippen LogP contribution in [0.25, 0.3) is 11.1 Å². The molecule has 5 aromatic rings. The number of rotatable bonds is 7. The number of imidazole rings is 1. The number of alkyl halides is 3. The van der Waals surface area contributed by atoms with Crippen molar-refractivity contribution >= 4 is 29.0 Å². The molecule has 0 saturated carbocycles. The fourth-order valence-corrected chi connectivity index (χ4v) is 5.55. The monoisotopic (exact) mass is 609 g/mol. The minimum Gasteiger partial charge on any atom is -0.345 e. The van der Waals surface area contributed by atoms with Gasteiger partial charge in [-0.2, -0.15) is 13.2 Å². The first-order chi connectivity index (χ1) is 21.7. The van der Waals surface area contributed by atoms with E-state index < -0.39 is 23.6 Å². The summed E-state index contributed by atoms with van der Waals surface area (Å²) in [6.07, 6.45) is -0.764. The van der Waals surface area contributed by atoms with Crippen molar-refractivity contribution in [2.45, 2.75) is 25.6 Å². The van der Waals surface area contributed by atoms with Crippen molar-refractivity contribution in [3.05, 3.63) is 131 Å². The number of aromatic nitrogens is 2. The van der Waals surface area contributed by atoms with Crippen LogP contribution in [0.2, 0.25) is 0 Å². The lowest BCUT2D eigenvalue weighted by molar-refractivity contribution is -0.137. The molecule has 0 fully saturated rings. The Kier molecular flexibility index (Phi) is 8.12. The Morgan fingerprint density at radius 3 is 2.33 bits per heavy atom. The van der Waals surface area contributed by atoms with Crippen LogP contribution in [-0.2, 0) is 26.2 Å². The van der Waals surface area contributed by atoms with E-state index in [1.165, 1.54) is 34.1 Å². The van der Waals surface area contributed by atoms with E-state index in [1.54, 1.807) is 31.3 Å². The van der Waals surface area contributed by atoms with Gasteiger partial charge in [0.05, 0.1) is 5.56 Å². The summed E-state index contributed by atoms with van der Waals surface area (Å²) >= 11 is 0. The van der Waals surface area contributed by atoms with Crippen LogP contribution in [-0.4, -0.2) is 27.9 Å². The predicted octanol–water partition coefficient (Wildman–Crippen LogP) is 7.37. The van der Waals surface area contributed by atoms with Gasteiger partial charge >= 0.3 is 6.18 Å². The van der Waals surface area contributed by atoms with Crippen LogP contribution >= 0.6 is 0 Å². The molecule has 45 heavy (non-hydrogen) atoms. The van der Waals surface area contributed by atoms with E-state index in [9.17, 15) is 22.8 Å². The molecule has 228 valence electrons. The van der Waals surface area contributed by atoms with Gasteiger partial charge in [0.25, 0.3) is 11.8 Å². The van der Waals surface area contributed by atoms with E-state index in [-0.39, 0.29) is 17.2 Å². The first-order valence-electron chi connectivity index (χ1n) is 14.5. The zero-order chi connectivity index (χ0) is 31.6. The topological polar surface area (TPSA) is 79.3 Å². The fraction of sp³-hybridized carbons (Fsp3) is 0.171. The second-order valence-electron chi connectivity index (χ2n) is 10.9. The van der Waals surface area contributed by atoms with Gasteiger partial charge < -0.3 is 20.1 Å². The van der Waals surface area contributed by atoms with Gasteiger partial charge in [-0.25, -0.2) is 4.98 Å². The molecular formula is C35H30F3N5O2. The maximum Gasteiger partial charge on any atom is 0.416 e. The highest BCUT2D eigenvalue weighted by Gasteiger charge is 2.30. The quantitative estimate of drug-likeness (QED) is 0.202. The Balaban J connectivity index is 1.10. The number of amides is 2. The van der Waals surface area contributed by atoms with Gasteiger partial charge in [-0.3, -0.25) is 9.59 Å². The third-order valence-electron chi connectivity index (χ3n) is 7.83. The van der Waals surface area contributed by atoms with E-state index in [1.807, 2.05) is 12.1 Å². The molecule has 0 aliphatic carbocycles. The van der Waals surface area contributed by atoms with Gasteiger partial charge in [0.15, 0.2) is 5.82 Å². The maximum absolute atomic E-state index is 13.2. The van der Waals surface area contributed by atoms with Gasteiger partial charge in [0, 0.05) is 43.3 Å². The van der Waals surface area contributed by atoms with Crippen molar-refractivity contribution in [1.82, 2.24) is 14.9 Å². The molecular weight excluding hydrogens is 579 g/mol. The lowest BCUT2D eigenvalue weighted by Gasteiger charge is -2.31. The molecule has 0 spiro atoms. The van der Waals surface area contributed by atoms with Crippen molar-refractivity contribution in [1.29, 1.82) is 0 Å². The number of halogens is 3. The molecule has 0 bridgehead atoms. The van der Waals surface area contributed by atoms with Crippen LogP contribution in [0.4, 0.5) is 30.4 Å². The average molecular weight is 610 g/mol. The number of fused-ring (bicyclic) bond motifs is 1. The average Bonchev–Trinajstić information content (AvgIpc) is 3.42. The number of benzene rings is 4. The van der Waals surface area contributed by atoms with E-state index in [2.05, 4.69) is 56.9 Å². The van der Waals surface area contributed by atoms with E-state index in [0.717, 1.165) is 42.8 Å². The van der Waals surface area contributed by atoms with E-state index in [4.69, 9.17) is 0 Å². The van der Waals surface area contributed by atoms with Gasteiger partial charge in [0.1, 0.15) is 0 Å². The molecule has 0 unspecified atom stereocenters. The maximum atomic E-state index is 13.2. The first kappa shape index (κ1) is 29.7. The standard InChI is InChI=1S/C35H30F3N5O2/c1-42-22-31(41-33(44)29-10-4-3-9-28(29)24-14-16-26(17-15-24)35(36,37)38)40-32(42)34(45)39-21-23-12-18-27(19-13-23)43-20-6-8-25-7-2-5-11-30(25)43/h2-5,7,9-19,22H,6,8,20-21H2,1H3,(H,39,45)(H,41,44). The number of para-hydroxylation sites is 1. The van der Waals surface area contributed by atoms with Crippen molar-refractivity contribution < 1.29 is 22.8 Å². The summed E-state index contributed by atoms with van der Waals surface area (Å²) in [6, 6.07) is 27.8. The third-order valence-corrected chi connectivity index (χ3v) is 7.83. The van der Waals surface area contributed by atoms with Crippen molar-refractivity contribution in [3.63, 3.8) is 0 Å². The van der Waals surface area contributed by atoms with Crippen molar-refractivity contribution in [2.24, 2.45) is 7.05 Å². The minimum absolute atomic E-state index is 0.114. The second kappa shape index (κ2) is 12.3. The molecule has 0 radical (unpaired) electrons. The lowest BCUT2D eigenvalue weighted by atomic mass is 9.98. The fourth-order valence-electron chi connectivity index (χ4n) is 5.55. The number of hydrogen-bond donors (Lipinski definition) is 2. The SMILES string of the molecule is Cn1cc(NC(=O)c2ccccc2-c2ccc(C(F)(F)F)cc2)nc1C(=O)NCc1ccc(N2CCCc3ccccc32)cc1. The normalized spacial score (nSPS) is 12.8. The number of carbonyl (C=O) groups excluding carboxylic acids is 2. The number of carbonyl (C=O) groups is 2. The third kappa shape index (κ3) is 6.45. The summed E-state index contributed by atoms with van der Waals surface area (Å²) in [4.78, 5) is 32.8. The van der Waals surface area contributed by atoms with Crippen LogP contribution in [0.5, 0.6) is 0 Å². The minimum atomic E-state index is -4.45. The Hall–Kier alpha value is -5.38. The molecule has 7 nitrogen and oxygen atoms in total.